The molecule has 0 fully saturated rings. The molecule has 0 saturated heterocycles. The van der Waals surface area contributed by atoms with Gasteiger partial charge in [0.1, 0.15) is 0 Å². The van der Waals surface area contributed by atoms with Crippen molar-refractivity contribution in [3.63, 3.8) is 0 Å². The molecule has 0 atom stereocenters. The predicted octanol–water partition coefficient (Wildman–Crippen LogP) is 2.18. The third kappa shape index (κ3) is 2.27. The van der Waals surface area contributed by atoms with Crippen molar-refractivity contribution < 1.29 is 0 Å². The number of hydrogen-bond acceptors (Lipinski definition) is 2. The van der Waals surface area contributed by atoms with Crippen LogP contribution in [0.25, 0.3) is 0 Å². The normalized spacial score (nSPS) is 13.7. The summed E-state index contributed by atoms with van der Waals surface area (Å²) in [6, 6.07) is 2.06. The summed E-state index contributed by atoms with van der Waals surface area (Å²) in [6.07, 6.45) is 0.956. The van der Waals surface area contributed by atoms with Crippen molar-refractivity contribution in [3.8, 4) is 6.07 Å². The summed E-state index contributed by atoms with van der Waals surface area (Å²) in [5, 5.41) is 8.58. The number of nitrogens with two attached hydrogens (primary N) is 1. The maximum Gasteiger partial charge on any atom is 0.0962 e. The molecular weight excluding hydrogens is 136 g/mol. The minimum atomic E-state index is -0.0419. The van der Waals surface area contributed by atoms with Crippen LogP contribution < -0.4 is 5.73 Å². The molecule has 0 spiro atoms. The lowest BCUT2D eigenvalue weighted by molar-refractivity contribution is 0.421. The summed E-state index contributed by atoms with van der Waals surface area (Å²) in [7, 11) is 0. The lowest BCUT2D eigenvalue weighted by atomic mass is 9.85. The minimum absolute atomic E-state index is 0.0419. The molecular formula is C9H16N2. The highest BCUT2D eigenvalue weighted by Gasteiger charge is 2.20. The zero-order valence-corrected chi connectivity index (χ0v) is 7.73. The van der Waals surface area contributed by atoms with Crippen LogP contribution in [-0.4, -0.2) is 0 Å². The Hall–Kier alpha value is -0.970. The van der Waals surface area contributed by atoms with Crippen LogP contribution in [0.15, 0.2) is 11.3 Å². The molecule has 0 aromatic carbocycles. The van der Waals surface area contributed by atoms with Gasteiger partial charge in [-0.15, -0.1) is 0 Å². The monoisotopic (exact) mass is 152 g/mol. The molecule has 2 heteroatoms. The van der Waals surface area contributed by atoms with Crippen molar-refractivity contribution in [3.05, 3.63) is 11.3 Å². The number of nitriles is 1. The van der Waals surface area contributed by atoms with Crippen molar-refractivity contribution in [1.82, 2.24) is 0 Å². The van der Waals surface area contributed by atoms with E-state index in [2.05, 4.69) is 13.0 Å². The smallest absolute Gasteiger partial charge is 0.0962 e. The fraction of sp³-hybridized carbons (Fsp3) is 0.667. The van der Waals surface area contributed by atoms with Crippen LogP contribution >= 0.6 is 0 Å². The predicted molar refractivity (Wildman–Crippen MR) is 46.6 cm³/mol. The molecule has 2 nitrogen and oxygen atoms in total. The Morgan fingerprint density at radius 3 is 2.27 bits per heavy atom. The summed E-state index contributed by atoms with van der Waals surface area (Å²) in [5.41, 5.74) is 7.08. The molecule has 2 N–H and O–H groups in total. The lowest BCUT2D eigenvalue weighted by Crippen LogP contribution is -2.21. The Balaban J connectivity index is 4.76. The second-order valence-corrected chi connectivity index (χ2v) is 3.39. The van der Waals surface area contributed by atoms with E-state index in [0.29, 0.717) is 11.3 Å². The van der Waals surface area contributed by atoms with E-state index in [0.717, 1.165) is 6.42 Å². The SMILES string of the molecule is CCC(C)(C)C(N)=C(C)C#N. The van der Waals surface area contributed by atoms with Crippen molar-refractivity contribution >= 4 is 0 Å². The van der Waals surface area contributed by atoms with Crippen LogP contribution in [-0.2, 0) is 0 Å². The first kappa shape index (κ1) is 10.0. The van der Waals surface area contributed by atoms with E-state index < -0.39 is 0 Å². The van der Waals surface area contributed by atoms with Gasteiger partial charge in [0.05, 0.1) is 6.07 Å². The Morgan fingerprint density at radius 1 is 1.55 bits per heavy atom. The second kappa shape index (κ2) is 3.43. The number of allylic oxidation sites excluding steroid dienone is 2. The number of nitrogens with zero attached hydrogens (tertiary/aromatic N) is 1. The van der Waals surface area contributed by atoms with Gasteiger partial charge in [-0.1, -0.05) is 20.8 Å². The van der Waals surface area contributed by atoms with Gasteiger partial charge in [-0.3, -0.25) is 0 Å². The van der Waals surface area contributed by atoms with Crippen molar-refractivity contribution in [2.24, 2.45) is 11.1 Å². The van der Waals surface area contributed by atoms with E-state index in [9.17, 15) is 0 Å². The average Bonchev–Trinajstić information content (AvgIpc) is 2.01. The van der Waals surface area contributed by atoms with Crippen molar-refractivity contribution in [2.75, 3.05) is 0 Å². The molecule has 0 aliphatic heterocycles. The van der Waals surface area contributed by atoms with Gasteiger partial charge < -0.3 is 5.73 Å². The van der Waals surface area contributed by atoms with Gasteiger partial charge in [-0.05, 0) is 13.3 Å². The topological polar surface area (TPSA) is 49.8 Å². The van der Waals surface area contributed by atoms with E-state index in [-0.39, 0.29) is 5.41 Å². The van der Waals surface area contributed by atoms with Crippen LogP contribution in [0.1, 0.15) is 34.1 Å². The average molecular weight is 152 g/mol. The van der Waals surface area contributed by atoms with E-state index in [1.807, 2.05) is 13.8 Å². The Kier molecular flexibility index (Phi) is 3.13. The maximum absolute atomic E-state index is 8.58. The lowest BCUT2D eigenvalue weighted by Gasteiger charge is -2.23. The highest BCUT2D eigenvalue weighted by Crippen LogP contribution is 2.27. The largest absolute Gasteiger partial charge is 0.401 e. The molecule has 0 heterocycles. The fourth-order valence-electron chi connectivity index (χ4n) is 0.758. The molecule has 0 radical (unpaired) electrons. The van der Waals surface area contributed by atoms with Crippen molar-refractivity contribution in [2.45, 2.75) is 34.1 Å². The fourth-order valence-corrected chi connectivity index (χ4v) is 0.758. The Bertz CT molecular complexity index is 206. The molecule has 0 aliphatic rings. The first-order valence-corrected chi connectivity index (χ1v) is 3.82. The van der Waals surface area contributed by atoms with Crippen LogP contribution in [0, 0.1) is 16.7 Å². The molecule has 11 heavy (non-hydrogen) atoms. The van der Waals surface area contributed by atoms with Crippen LogP contribution in [0.4, 0.5) is 0 Å². The third-order valence-corrected chi connectivity index (χ3v) is 2.18. The third-order valence-electron chi connectivity index (χ3n) is 2.18. The van der Waals surface area contributed by atoms with Crippen LogP contribution in [0.3, 0.4) is 0 Å². The number of hydrogen-bond donors (Lipinski definition) is 1. The molecule has 0 unspecified atom stereocenters. The zero-order chi connectivity index (χ0) is 9.07. The number of rotatable bonds is 2. The highest BCUT2D eigenvalue weighted by molar-refractivity contribution is 5.27. The van der Waals surface area contributed by atoms with Gasteiger partial charge in [-0.25, -0.2) is 0 Å². The summed E-state index contributed by atoms with van der Waals surface area (Å²) in [5.74, 6) is 0. The standard InChI is InChI=1S/C9H16N2/c1-5-9(3,4)8(11)7(2)6-10/h5,11H2,1-4H3. The molecule has 0 bridgehead atoms. The summed E-state index contributed by atoms with van der Waals surface area (Å²) in [4.78, 5) is 0. The van der Waals surface area contributed by atoms with E-state index in [1.165, 1.54) is 0 Å². The zero-order valence-electron chi connectivity index (χ0n) is 7.73. The molecule has 0 saturated carbocycles. The van der Waals surface area contributed by atoms with E-state index in [4.69, 9.17) is 11.0 Å². The molecule has 0 aliphatic carbocycles. The minimum Gasteiger partial charge on any atom is -0.401 e. The molecule has 0 amide bonds. The molecule has 0 aromatic rings. The quantitative estimate of drug-likeness (QED) is 0.616. The Labute approximate surface area is 68.7 Å². The van der Waals surface area contributed by atoms with Gasteiger partial charge in [0, 0.05) is 16.7 Å². The summed E-state index contributed by atoms with van der Waals surface area (Å²) in [6.45, 7) is 7.91. The van der Waals surface area contributed by atoms with Gasteiger partial charge >= 0.3 is 0 Å². The summed E-state index contributed by atoms with van der Waals surface area (Å²) >= 11 is 0. The molecule has 0 rings (SSSR count). The van der Waals surface area contributed by atoms with Crippen molar-refractivity contribution in [1.29, 1.82) is 5.26 Å². The highest BCUT2D eigenvalue weighted by atomic mass is 14.6. The van der Waals surface area contributed by atoms with Gasteiger partial charge in [0.15, 0.2) is 0 Å². The van der Waals surface area contributed by atoms with Crippen LogP contribution in [0.5, 0.6) is 0 Å². The second-order valence-electron chi connectivity index (χ2n) is 3.39. The van der Waals surface area contributed by atoms with Gasteiger partial charge in [0.2, 0.25) is 0 Å². The van der Waals surface area contributed by atoms with E-state index >= 15 is 0 Å². The Morgan fingerprint density at radius 2 is 2.00 bits per heavy atom. The van der Waals surface area contributed by atoms with Crippen LogP contribution in [0.2, 0.25) is 0 Å². The molecule has 0 aromatic heterocycles. The molecule has 62 valence electrons. The summed E-state index contributed by atoms with van der Waals surface area (Å²) < 4.78 is 0. The maximum atomic E-state index is 8.58. The van der Waals surface area contributed by atoms with E-state index in [1.54, 1.807) is 6.92 Å². The first-order valence-electron chi connectivity index (χ1n) is 3.82. The van der Waals surface area contributed by atoms with Gasteiger partial charge in [-0.2, -0.15) is 5.26 Å². The first-order chi connectivity index (χ1) is 4.95. The van der Waals surface area contributed by atoms with Gasteiger partial charge in [0.25, 0.3) is 0 Å².